The second-order valence-electron chi connectivity index (χ2n) is 6.57. The van der Waals surface area contributed by atoms with E-state index in [-0.39, 0.29) is 32.5 Å². The van der Waals surface area contributed by atoms with E-state index in [1.807, 2.05) is 0 Å². The van der Waals surface area contributed by atoms with Gasteiger partial charge in [0.1, 0.15) is 6.04 Å². The van der Waals surface area contributed by atoms with E-state index in [4.69, 9.17) is 18.9 Å². The fourth-order valence-electron chi connectivity index (χ4n) is 3.04. The number of aliphatic hydroxyl groups is 1. The Kier molecular flexibility index (Phi) is 5.39. The summed E-state index contributed by atoms with van der Waals surface area (Å²) < 4.78 is 21.1. The van der Waals surface area contributed by atoms with Gasteiger partial charge in [0.05, 0.1) is 13.0 Å². The van der Waals surface area contributed by atoms with Crippen LogP contribution in [-0.4, -0.2) is 43.2 Å². The maximum Gasteiger partial charge on any atom is 0.245 e. The minimum atomic E-state index is -1.05. The second-order valence-corrected chi connectivity index (χ2v) is 6.57. The molecule has 0 unspecified atom stereocenters. The topological polar surface area (TPSA) is 115 Å². The summed E-state index contributed by atoms with van der Waals surface area (Å²) in [6.45, 7) is 0.0398. The molecule has 0 bridgehead atoms. The van der Waals surface area contributed by atoms with E-state index < -0.39 is 18.6 Å². The molecule has 0 saturated heterocycles. The van der Waals surface area contributed by atoms with E-state index in [2.05, 4.69) is 10.6 Å². The van der Waals surface area contributed by atoms with Crippen LogP contribution in [0.4, 0.5) is 0 Å². The first-order valence-electron chi connectivity index (χ1n) is 9.07. The molecule has 2 aliphatic heterocycles. The molecule has 2 aromatic carbocycles. The quantitative estimate of drug-likeness (QED) is 0.619. The molecule has 9 nitrogen and oxygen atoms in total. The van der Waals surface area contributed by atoms with Crippen molar-refractivity contribution < 1.29 is 33.6 Å². The van der Waals surface area contributed by atoms with Crippen LogP contribution in [0.1, 0.15) is 11.1 Å². The monoisotopic (exact) mass is 400 g/mol. The molecule has 152 valence electrons. The Morgan fingerprint density at radius 2 is 1.48 bits per heavy atom. The van der Waals surface area contributed by atoms with E-state index in [1.165, 1.54) is 0 Å². The van der Waals surface area contributed by atoms with Crippen LogP contribution in [0, 0.1) is 0 Å². The number of nitrogens with one attached hydrogen (secondary N) is 2. The fourth-order valence-corrected chi connectivity index (χ4v) is 3.04. The lowest BCUT2D eigenvalue weighted by molar-refractivity contribution is -0.129. The van der Waals surface area contributed by atoms with Crippen molar-refractivity contribution in [2.75, 3.05) is 20.2 Å². The van der Waals surface area contributed by atoms with Crippen LogP contribution in [0.3, 0.4) is 0 Å². The van der Waals surface area contributed by atoms with Crippen molar-refractivity contribution in [3.05, 3.63) is 47.5 Å². The SMILES string of the molecule is O=C(Cc1ccc2c(c1)OCO2)N[C@@H](CO)C(=O)NCc1ccc2c(c1)OCO2. The van der Waals surface area contributed by atoms with Gasteiger partial charge in [0, 0.05) is 6.54 Å². The van der Waals surface area contributed by atoms with Gasteiger partial charge in [-0.2, -0.15) is 0 Å². The van der Waals surface area contributed by atoms with Crippen molar-refractivity contribution in [1.29, 1.82) is 0 Å². The van der Waals surface area contributed by atoms with Gasteiger partial charge in [-0.25, -0.2) is 0 Å². The Hall–Kier alpha value is -3.46. The van der Waals surface area contributed by atoms with Gasteiger partial charge in [-0.1, -0.05) is 12.1 Å². The molecule has 0 radical (unpaired) electrons. The number of benzene rings is 2. The van der Waals surface area contributed by atoms with Gasteiger partial charge >= 0.3 is 0 Å². The van der Waals surface area contributed by atoms with Gasteiger partial charge in [-0.15, -0.1) is 0 Å². The normalized spacial score (nSPS) is 14.4. The number of hydrogen-bond donors (Lipinski definition) is 3. The molecule has 0 fully saturated rings. The highest BCUT2D eigenvalue weighted by Crippen LogP contribution is 2.33. The van der Waals surface area contributed by atoms with Gasteiger partial charge in [-0.05, 0) is 35.4 Å². The summed E-state index contributed by atoms with van der Waals surface area (Å²) in [5.41, 5.74) is 1.52. The molecule has 0 aliphatic carbocycles. The number of amides is 2. The Balaban J connectivity index is 1.29. The number of aliphatic hydroxyl groups excluding tert-OH is 1. The Bertz CT molecular complexity index is 931. The van der Waals surface area contributed by atoms with Crippen molar-refractivity contribution >= 4 is 11.8 Å². The fraction of sp³-hybridized carbons (Fsp3) is 0.300. The standard InChI is InChI=1S/C20H20N2O7/c23-9-14(20(25)21-8-13-2-4-16-18(6-13)29-11-27-16)22-19(24)7-12-1-3-15-17(5-12)28-10-26-15/h1-6,14,23H,7-11H2,(H,21,25)(H,22,24)/t14-/m0/s1. The molecule has 0 saturated carbocycles. The lowest BCUT2D eigenvalue weighted by Crippen LogP contribution is -2.49. The van der Waals surface area contributed by atoms with Gasteiger partial charge in [-0.3, -0.25) is 9.59 Å². The zero-order valence-corrected chi connectivity index (χ0v) is 15.5. The molecule has 0 spiro atoms. The summed E-state index contributed by atoms with van der Waals surface area (Å²) >= 11 is 0. The summed E-state index contributed by atoms with van der Waals surface area (Å²) in [7, 11) is 0. The van der Waals surface area contributed by atoms with E-state index in [9.17, 15) is 14.7 Å². The molecule has 2 aromatic rings. The molecule has 2 heterocycles. The molecule has 2 aliphatic rings. The third kappa shape index (κ3) is 4.35. The number of fused-ring (bicyclic) bond motifs is 2. The van der Waals surface area contributed by atoms with Crippen LogP contribution < -0.4 is 29.6 Å². The Morgan fingerprint density at radius 1 is 0.897 bits per heavy atom. The molecule has 0 aromatic heterocycles. The van der Waals surface area contributed by atoms with Crippen molar-refractivity contribution in [2.24, 2.45) is 0 Å². The van der Waals surface area contributed by atoms with Crippen molar-refractivity contribution in [3.8, 4) is 23.0 Å². The third-order valence-corrected chi connectivity index (χ3v) is 4.54. The van der Waals surface area contributed by atoms with Crippen LogP contribution in [0.25, 0.3) is 0 Å². The molecule has 2 amide bonds. The largest absolute Gasteiger partial charge is 0.454 e. The maximum atomic E-state index is 12.3. The van der Waals surface area contributed by atoms with Crippen molar-refractivity contribution in [1.82, 2.24) is 10.6 Å². The minimum Gasteiger partial charge on any atom is -0.454 e. The highest BCUT2D eigenvalue weighted by Gasteiger charge is 2.21. The average molecular weight is 400 g/mol. The molecular weight excluding hydrogens is 380 g/mol. The molecule has 29 heavy (non-hydrogen) atoms. The molecule has 3 N–H and O–H groups in total. The van der Waals surface area contributed by atoms with E-state index in [0.717, 1.165) is 5.56 Å². The second kappa shape index (κ2) is 8.27. The number of carbonyl (C=O) groups is 2. The Labute approximate surface area is 166 Å². The smallest absolute Gasteiger partial charge is 0.245 e. The first-order chi connectivity index (χ1) is 14.1. The average Bonchev–Trinajstić information content (AvgIpc) is 3.38. The van der Waals surface area contributed by atoms with Crippen LogP contribution in [-0.2, 0) is 22.6 Å². The first kappa shape index (κ1) is 18.9. The number of carbonyl (C=O) groups excluding carboxylic acids is 2. The van der Waals surface area contributed by atoms with Crippen molar-refractivity contribution in [3.63, 3.8) is 0 Å². The third-order valence-electron chi connectivity index (χ3n) is 4.54. The molecule has 4 rings (SSSR count). The number of rotatable bonds is 7. The highest BCUT2D eigenvalue weighted by atomic mass is 16.7. The van der Waals surface area contributed by atoms with Crippen molar-refractivity contribution in [2.45, 2.75) is 19.0 Å². The predicted octanol–water partition coefficient (Wildman–Crippen LogP) is 0.480. The molecule has 9 heteroatoms. The molecular formula is C20H20N2O7. The number of ether oxygens (including phenoxy) is 4. The van der Waals surface area contributed by atoms with Crippen LogP contribution >= 0.6 is 0 Å². The van der Waals surface area contributed by atoms with Gasteiger partial charge in [0.15, 0.2) is 23.0 Å². The summed E-state index contributed by atoms with van der Waals surface area (Å²) in [5, 5.41) is 14.8. The highest BCUT2D eigenvalue weighted by molar-refractivity contribution is 5.88. The van der Waals surface area contributed by atoms with Crippen LogP contribution in [0.2, 0.25) is 0 Å². The summed E-state index contributed by atoms with van der Waals surface area (Å²) in [6.07, 6.45) is 0.0442. The number of hydrogen-bond acceptors (Lipinski definition) is 7. The lowest BCUT2D eigenvalue weighted by atomic mass is 10.1. The summed E-state index contributed by atoms with van der Waals surface area (Å²) in [4.78, 5) is 24.6. The van der Waals surface area contributed by atoms with Gasteiger partial charge in [0.25, 0.3) is 0 Å². The Morgan fingerprint density at radius 3 is 2.14 bits per heavy atom. The van der Waals surface area contributed by atoms with E-state index in [0.29, 0.717) is 28.6 Å². The van der Waals surface area contributed by atoms with Gasteiger partial charge < -0.3 is 34.7 Å². The zero-order chi connectivity index (χ0) is 20.2. The minimum absolute atomic E-state index is 0.0442. The first-order valence-corrected chi connectivity index (χ1v) is 9.07. The summed E-state index contributed by atoms with van der Waals surface area (Å²) in [6, 6.07) is 9.49. The van der Waals surface area contributed by atoms with Crippen LogP contribution in [0.15, 0.2) is 36.4 Å². The van der Waals surface area contributed by atoms with E-state index in [1.54, 1.807) is 36.4 Å². The van der Waals surface area contributed by atoms with Gasteiger partial charge in [0.2, 0.25) is 25.4 Å². The maximum absolute atomic E-state index is 12.3. The van der Waals surface area contributed by atoms with Crippen LogP contribution in [0.5, 0.6) is 23.0 Å². The predicted molar refractivity (Wildman–Crippen MR) is 99.7 cm³/mol. The molecule has 1 atom stereocenters. The van der Waals surface area contributed by atoms with E-state index >= 15 is 0 Å². The lowest BCUT2D eigenvalue weighted by Gasteiger charge is -2.16. The summed E-state index contributed by atoms with van der Waals surface area (Å²) in [5.74, 6) is 1.61. The zero-order valence-electron chi connectivity index (χ0n) is 15.5.